The lowest BCUT2D eigenvalue weighted by Crippen LogP contribution is -2.27. The normalized spacial score (nSPS) is 15.7. The van der Waals surface area contributed by atoms with E-state index < -0.39 is 0 Å². The molecule has 5 heteroatoms. The van der Waals surface area contributed by atoms with Crippen LogP contribution in [0.5, 0.6) is 0 Å². The topological polar surface area (TPSA) is 49.4 Å². The summed E-state index contributed by atoms with van der Waals surface area (Å²) in [6.07, 6.45) is 0. The maximum atomic E-state index is 12.7. The van der Waals surface area contributed by atoms with Gasteiger partial charge < -0.3 is 10.2 Å². The quantitative estimate of drug-likeness (QED) is 0.418. The van der Waals surface area contributed by atoms with Crippen LogP contribution < -0.4 is 5.32 Å². The summed E-state index contributed by atoms with van der Waals surface area (Å²) in [6.45, 7) is 1.06. The molecule has 4 nitrogen and oxygen atoms in total. The minimum Gasteiger partial charge on any atom is -0.348 e. The number of fused-ring (bicyclic) bond motifs is 1. The van der Waals surface area contributed by atoms with Crippen molar-refractivity contribution in [1.29, 1.82) is 0 Å². The largest absolute Gasteiger partial charge is 0.348 e. The summed E-state index contributed by atoms with van der Waals surface area (Å²) in [7, 11) is 0. The second kappa shape index (κ2) is 9.51. The Balaban J connectivity index is 1.24. The third-order valence-corrected chi connectivity index (χ3v) is 7.14. The van der Waals surface area contributed by atoms with Crippen LogP contribution >= 0.6 is 11.8 Å². The molecule has 2 amide bonds. The van der Waals surface area contributed by atoms with Gasteiger partial charge in [0.05, 0.1) is 5.75 Å². The monoisotopic (exact) mass is 452 g/mol. The molecule has 33 heavy (non-hydrogen) atoms. The maximum Gasteiger partial charge on any atom is 0.251 e. The first-order valence-electron chi connectivity index (χ1n) is 11.0. The number of nitrogens with one attached hydrogen (secondary N) is 1. The first kappa shape index (κ1) is 21.3. The molecule has 1 fully saturated rings. The van der Waals surface area contributed by atoms with E-state index >= 15 is 0 Å². The van der Waals surface area contributed by atoms with Crippen molar-refractivity contribution in [3.05, 3.63) is 119 Å². The lowest BCUT2D eigenvalue weighted by molar-refractivity contribution is -0.128. The number of hydrogen-bond donors (Lipinski definition) is 1. The van der Waals surface area contributed by atoms with Crippen LogP contribution in [-0.4, -0.2) is 22.5 Å². The van der Waals surface area contributed by atoms with Crippen molar-refractivity contribution in [2.24, 2.45) is 0 Å². The Morgan fingerprint density at radius 2 is 1.58 bits per heavy atom. The fourth-order valence-corrected chi connectivity index (χ4v) is 5.30. The Bertz CT molecular complexity index is 1290. The number of carbonyl (C=O) groups excluding carboxylic acids is 2. The molecule has 1 saturated heterocycles. The van der Waals surface area contributed by atoms with Gasteiger partial charge in [0.2, 0.25) is 5.91 Å². The summed E-state index contributed by atoms with van der Waals surface area (Å²) < 4.78 is 0. The summed E-state index contributed by atoms with van der Waals surface area (Å²) in [5.41, 5.74) is 3.83. The van der Waals surface area contributed by atoms with Crippen molar-refractivity contribution in [2.75, 3.05) is 5.75 Å². The van der Waals surface area contributed by atoms with Gasteiger partial charge in [-0.3, -0.25) is 9.59 Å². The Hall–Kier alpha value is -3.57. The Kier molecular flexibility index (Phi) is 6.13. The number of hydrogen-bond acceptors (Lipinski definition) is 3. The molecule has 1 atom stereocenters. The SMILES string of the molecule is O=C(NCc1ccc2ccccc2c1)c1ccc([C@@H]2SCC(=O)N2Cc2ccccc2)cc1. The van der Waals surface area contributed by atoms with Crippen molar-refractivity contribution in [3.63, 3.8) is 0 Å². The molecular weight excluding hydrogens is 428 g/mol. The van der Waals surface area contributed by atoms with E-state index in [0.29, 0.717) is 24.4 Å². The first-order chi connectivity index (χ1) is 16.2. The van der Waals surface area contributed by atoms with Crippen molar-refractivity contribution in [2.45, 2.75) is 18.5 Å². The van der Waals surface area contributed by atoms with Crippen LogP contribution in [0.15, 0.2) is 97.1 Å². The molecular formula is C28H24N2O2S. The van der Waals surface area contributed by atoms with Crippen LogP contribution in [0.4, 0.5) is 0 Å². The number of benzene rings is 4. The van der Waals surface area contributed by atoms with E-state index in [1.165, 1.54) is 5.39 Å². The number of thioether (sulfide) groups is 1. The molecule has 0 aliphatic carbocycles. The minimum absolute atomic E-state index is 0.0348. The van der Waals surface area contributed by atoms with Crippen molar-refractivity contribution < 1.29 is 9.59 Å². The standard InChI is InChI=1S/C28H24N2O2S/c31-26-19-33-28(30(26)18-20-6-2-1-3-7-20)24-14-12-23(13-15-24)27(32)29-17-21-10-11-22-8-4-5-9-25(22)16-21/h1-16,28H,17-19H2,(H,29,32)/t28-/m0/s1. The van der Waals surface area contributed by atoms with Gasteiger partial charge in [-0.2, -0.15) is 0 Å². The summed E-state index contributed by atoms with van der Waals surface area (Å²) in [5.74, 6) is 0.517. The summed E-state index contributed by atoms with van der Waals surface area (Å²) in [6, 6.07) is 32.1. The average molecular weight is 453 g/mol. The molecule has 0 bridgehead atoms. The van der Waals surface area contributed by atoms with Crippen molar-refractivity contribution in [3.8, 4) is 0 Å². The summed E-state index contributed by atoms with van der Waals surface area (Å²) in [4.78, 5) is 27.1. The zero-order chi connectivity index (χ0) is 22.6. The molecule has 0 radical (unpaired) electrons. The molecule has 164 valence electrons. The summed E-state index contributed by atoms with van der Waals surface area (Å²) >= 11 is 1.63. The van der Waals surface area contributed by atoms with Gasteiger partial charge in [-0.05, 0) is 45.7 Å². The van der Waals surface area contributed by atoms with E-state index in [2.05, 4.69) is 29.6 Å². The predicted molar refractivity (Wildman–Crippen MR) is 134 cm³/mol. The van der Waals surface area contributed by atoms with Crippen LogP contribution in [0.25, 0.3) is 10.8 Å². The molecule has 0 spiro atoms. The molecule has 5 rings (SSSR count). The van der Waals surface area contributed by atoms with E-state index in [1.807, 2.05) is 77.7 Å². The molecule has 4 aromatic carbocycles. The molecule has 0 unspecified atom stereocenters. The van der Waals surface area contributed by atoms with Gasteiger partial charge in [0, 0.05) is 18.7 Å². The maximum absolute atomic E-state index is 12.7. The Labute approximate surface area is 197 Å². The zero-order valence-electron chi connectivity index (χ0n) is 18.1. The highest BCUT2D eigenvalue weighted by Gasteiger charge is 2.32. The van der Waals surface area contributed by atoms with E-state index in [0.717, 1.165) is 22.1 Å². The van der Waals surface area contributed by atoms with E-state index in [4.69, 9.17) is 0 Å². The lowest BCUT2D eigenvalue weighted by Gasteiger charge is -2.24. The molecule has 1 aliphatic rings. The van der Waals surface area contributed by atoms with Gasteiger partial charge in [-0.1, -0.05) is 78.9 Å². The smallest absolute Gasteiger partial charge is 0.251 e. The van der Waals surface area contributed by atoms with Gasteiger partial charge in [0.15, 0.2) is 0 Å². The van der Waals surface area contributed by atoms with Crippen LogP contribution in [-0.2, 0) is 17.9 Å². The van der Waals surface area contributed by atoms with Gasteiger partial charge >= 0.3 is 0 Å². The second-order valence-electron chi connectivity index (χ2n) is 8.16. The third kappa shape index (κ3) is 4.78. The zero-order valence-corrected chi connectivity index (χ0v) is 18.9. The molecule has 1 aliphatic heterocycles. The van der Waals surface area contributed by atoms with Gasteiger partial charge in [0.25, 0.3) is 5.91 Å². The molecule has 1 heterocycles. The number of nitrogens with zero attached hydrogens (tertiary/aromatic N) is 1. The van der Waals surface area contributed by atoms with E-state index in [-0.39, 0.29) is 17.2 Å². The average Bonchev–Trinajstić information content (AvgIpc) is 3.23. The Morgan fingerprint density at radius 3 is 2.36 bits per heavy atom. The highest BCUT2D eigenvalue weighted by atomic mass is 32.2. The van der Waals surface area contributed by atoms with Crippen molar-refractivity contribution in [1.82, 2.24) is 10.2 Å². The molecule has 1 N–H and O–H groups in total. The highest BCUT2D eigenvalue weighted by molar-refractivity contribution is 8.00. The minimum atomic E-state index is -0.106. The van der Waals surface area contributed by atoms with E-state index in [1.54, 1.807) is 11.8 Å². The fourth-order valence-electron chi connectivity index (χ4n) is 4.11. The fraction of sp³-hybridized carbons (Fsp3) is 0.143. The molecule has 4 aromatic rings. The van der Waals surface area contributed by atoms with E-state index in [9.17, 15) is 9.59 Å². The number of carbonyl (C=O) groups is 2. The van der Waals surface area contributed by atoms with Crippen LogP contribution in [0.2, 0.25) is 0 Å². The van der Waals surface area contributed by atoms with Gasteiger partial charge in [-0.25, -0.2) is 0 Å². The van der Waals surface area contributed by atoms with Crippen molar-refractivity contribution >= 4 is 34.3 Å². The van der Waals surface area contributed by atoms with Crippen LogP contribution in [0, 0.1) is 0 Å². The number of rotatable bonds is 6. The highest BCUT2D eigenvalue weighted by Crippen LogP contribution is 2.39. The van der Waals surface area contributed by atoms with Gasteiger partial charge in [0.1, 0.15) is 5.37 Å². The summed E-state index contributed by atoms with van der Waals surface area (Å²) in [5, 5.41) is 5.33. The third-order valence-electron chi connectivity index (χ3n) is 5.89. The first-order valence-corrected chi connectivity index (χ1v) is 12.0. The second-order valence-corrected chi connectivity index (χ2v) is 9.23. The van der Waals surface area contributed by atoms with Crippen LogP contribution in [0.3, 0.4) is 0 Å². The lowest BCUT2D eigenvalue weighted by atomic mass is 10.1. The Morgan fingerprint density at radius 1 is 0.848 bits per heavy atom. The van der Waals surface area contributed by atoms with Crippen LogP contribution in [0.1, 0.15) is 32.4 Å². The van der Waals surface area contributed by atoms with Gasteiger partial charge in [-0.15, -0.1) is 11.8 Å². The number of amides is 2. The molecule has 0 saturated carbocycles. The predicted octanol–water partition coefficient (Wildman–Crippen LogP) is 5.54. The molecule has 0 aromatic heterocycles.